The average Bonchev–Trinajstić information content (AvgIpc) is 3.16. The molecule has 0 radical (unpaired) electrons. The molecule has 0 saturated carbocycles. The number of hydrogen-bond acceptors (Lipinski definition) is 6. The summed E-state index contributed by atoms with van der Waals surface area (Å²) >= 11 is 2.00. The van der Waals surface area contributed by atoms with E-state index >= 15 is 4.39 Å². The SMILES string of the molecule is CC(C)(C)OC(=O)N(C(=O)OC(C)(C)C)c1ncc(I)c2ccc(-c3cnc4cc(F)ccn34)c(F)c12. The Labute approximate surface area is 225 Å². The Hall–Kier alpha value is -3.35. The molecule has 0 N–H and O–H groups in total. The minimum atomic E-state index is -1.06. The van der Waals surface area contributed by atoms with Gasteiger partial charge in [-0.3, -0.25) is 4.40 Å². The molecule has 8 nitrogen and oxygen atoms in total. The van der Waals surface area contributed by atoms with E-state index in [1.807, 2.05) is 22.6 Å². The van der Waals surface area contributed by atoms with Crippen LogP contribution in [0.4, 0.5) is 24.2 Å². The van der Waals surface area contributed by atoms with Crippen LogP contribution >= 0.6 is 22.6 Å². The Morgan fingerprint density at radius 1 is 0.946 bits per heavy atom. The van der Waals surface area contributed by atoms with Crippen molar-refractivity contribution in [2.75, 3.05) is 4.90 Å². The Kier molecular flexibility index (Phi) is 6.86. The highest BCUT2D eigenvalue weighted by atomic mass is 127. The second-order valence-electron chi connectivity index (χ2n) is 10.3. The van der Waals surface area contributed by atoms with Crippen molar-refractivity contribution < 1.29 is 27.8 Å². The summed E-state index contributed by atoms with van der Waals surface area (Å²) in [5.41, 5.74) is -1.15. The molecule has 3 aromatic heterocycles. The van der Waals surface area contributed by atoms with Crippen molar-refractivity contribution >= 4 is 57.0 Å². The van der Waals surface area contributed by atoms with Gasteiger partial charge in [0.1, 0.15) is 28.5 Å². The molecule has 0 aliphatic rings. The van der Waals surface area contributed by atoms with Crippen LogP contribution in [-0.4, -0.2) is 37.8 Å². The number of anilines is 1. The second kappa shape index (κ2) is 9.51. The van der Waals surface area contributed by atoms with Gasteiger partial charge in [0.25, 0.3) is 0 Å². The molecule has 11 heteroatoms. The number of imide groups is 1. The van der Waals surface area contributed by atoms with Gasteiger partial charge in [-0.05, 0) is 76.3 Å². The number of imidazole rings is 1. The lowest BCUT2D eigenvalue weighted by molar-refractivity contribution is 0.0429. The third kappa shape index (κ3) is 5.50. The first kappa shape index (κ1) is 26.7. The van der Waals surface area contributed by atoms with Crippen molar-refractivity contribution in [3.63, 3.8) is 0 Å². The monoisotopic (exact) mass is 622 g/mol. The summed E-state index contributed by atoms with van der Waals surface area (Å²) in [5.74, 6) is -1.50. The number of ether oxygens (including phenoxy) is 2. The summed E-state index contributed by atoms with van der Waals surface area (Å²) in [5, 5.41) is 0.335. The maximum absolute atomic E-state index is 16.4. The fourth-order valence-corrected chi connectivity index (χ4v) is 4.22. The quantitative estimate of drug-likeness (QED) is 0.222. The van der Waals surface area contributed by atoms with Crippen LogP contribution in [0.25, 0.3) is 27.7 Å². The molecular formula is C26H25F2IN4O4. The minimum absolute atomic E-state index is 0.0850. The molecule has 194 valence electrons. The summed E-state index contributed by atoms with van der Waals surface area (Å²) < 4.78 is 43.1. The molecule has 37 heavy (non-hydrogen) atoms. The molecule has 3 heterocycles. The number of pyridine rings is 2. The fraction of sp³-hybridized carbons (Fsp3) is 0.308. The number of carbonyl (C=O) groups is 2. The molecule has 0 spiro atoms. The van der Waals surface area contributed by atoms with Gasteiger partial charge < -0.3 is 9.47 Å². The number of halogens is 3. The molecule has 0 bridgehead atoms. The summed E-state index contributed by atoms with van der Waals surface area (Å²) in [6.07, 6.45) is 2.16. The maximum atomic E-state index is 16.4. The predicted molar refractivity (Wildman–Crippen MR) is 144 cm³/mol. The van der Waals surface area contributed by atoms with Crippen molar-refractivity contribution in [1.29, 1.82) is 0 Å². The highest BCUT2D eigenvalue weighted by molar-refractivity contribution is 14.1. The van der Waals surface area contributed by atoms with Crippen molar-refractivity contribution in [3.8, 4) is 11.3 Å². The largest absolute Gasteiger partial charge is 0.443 e. The third-order valence-electron chi connectivity index (χ3n) is 5.04. The highest BCUT2D eigenvalue weighted by Gasteiger charge is 2.36. The molecule has 1 aromatic carbocycles. The van der Waals surface area contributed by atoms with Crippen LogP contribution < -0.4 is 4.90 Å². The van der Waals surface area contributed by atoms with Crippen LogP contribution in [0.3, 0.4) is 0 Å². The molecule has 0 unspecified atom stereocenters. The van der Waals surface area contributed by atoms with E-state index in [0.29, 0.717) is 25.2 Å². The molecular weight excluding hydrogens is 597 g/mol. The lowest BCUT2D eigenvalue weighted by atomic mass is 10.0. The topological polar surface area (TPSA) is 86.0 Å². The normalized spacial score (nSPS) is 12.1. The van der Waals surface area contributed by atoms with Gasteiger partial charge >= 0.3 is 12.2 Å². The first-order valence-corrected chi connectivity index (χ1v) is 12.4. The zero-order chi connectivity index (χ0) is 27.3. The minimum Gasteiger partial charge on any atom is -0.443 e. The van der Waals surface area contributed by atoms with Gasteiger partial charge in [0.15, 0.2) is 5.82 Å². The van der Waals surface area contributed by atoms with Gasteiger partial charge in [-0.2, -0.15) is 4.90 Å². The first-order chi connectivity index (χ1) is 17.2. The second-order valence-corrected chi connectivity index (χ2v) is 11.5. The van der Waals surface area contributed by atoms with Gasteiger partial charge in [-0.1, -0.05) is 6.07 Å². The molecule has 0 fully saturated rings. The van der Waals surface area contributed by atoms with E-state index < -0.39 is 35.0 Å². The summed E-state index contributed by atoms with van der Waals surface area (Å²) in [6.45, 7) is 9.86. The molecule has 4 rings (SSSR count). The summed E-state index contributed by atoms with van der Waals surface area (Å²) in [4.78, 5) is 35.5. The Bertz CT molecular complexity index is 1510. The number of rotatable bonds is 2. The van der Waals surface area contributed by atoms with E-state index in [1.165, 1.54) is 35.1 Å². The van der Waals surface area contributed by atoms with Gasteiger partial charge in [-0.25, -0.2) is 28.3 Å². The predicted octanol–water partition coefficient (Wildman–Crippen LogP) is 7.11. The van der Waals surface area contributed by atoms with E-state index in [2.05, 4.69) is 9.97 Å². The third-order valence-corrected chi connectivity index (χ3v) is 5.90. The molecule has 2 amide bonds. The lowest BCUT2D eigenvalue weighted by Crippen LogP contribution is -2.44. The van der Waals surface area contributed by atoms with Crippen LogP contribution in [0, 0.1) is 15.2 Å². The number of fused-ring (bicyclic) bond motifs is 2. The Balaban J connectivity index is 1.98. The number of nitrogens with zero attached hydrogens (tertiary/aromatic N) is 4. The van der Waals surface area contributed by atoms with Crippen molar-refractivity contribution in [1.82, 2.24) is 14.4 Å². The van der Waals surface area contributed by atoms with E-state index in [9.17, 15) is 14.0 Å². The lowest BCUT2D eigenvalue weighted by Gasteiger charge is -2.28. The number of carbonyl (C=O) groups excluding carboxylic acids is 2. The van der Waals surface area contributed by atoms with Gasteiger partial charge in [0, 0.05) is 33.0 Å². The number of hydrogen-bond donors (Lipinski definition) is 0. The van der Waals surface area contributed by atoms with Crippen molar-refractivity contribution in [2.45, 2.75) is 52.7 Å². The fourth-order valence-electron chi connectivity index (χ4n) is 3.63. The number of amides is 2. The first-order valence-electron chi connectivity index (χ1n) is 11.3. The van der Waals surface area contributed by atoms with Crippen LogP contribution in [0.2, 0.25) is 0 Å². The van der Waals surface area contributed by atoms with E-state index in [1.54, 1.807) is 53.7 Å². The van der Waals surface area contributed by atoms with E-state index in [0.717, 1.165) is 0 Å². The Morgan fingerprint density at radius 3 is 2.16 bits per heavy atom. The number of benzene rings is 1. The number of aromatic nitrogens is 3. The molecule has 0 aliphatic heterocycles. The van der Waals surface area contributed by atoms with Crippen LogP contribution in [0.1, 0.15) is 41.5 Å². The van der Waals surface area contributed by atoms with Gasteiger partial charge in [0.05, 0.1) is 17.3 Å². The van der Waals surface area contributed by atoms with Gasteiger partial charge in [-0.15, -0.1) is 0 Å². The van der Waals surface area contributed by atoms with E-state index in [-0.39, 0.29) is 16.8 Å². The van der Waals surface area contributed by atoms with Crippen LogP contribution in [0.5, 0.6) is 0 Å². The summed E-state index contributed by atoms with van der Waals surface area (Å²) in [6, 6.07) is 5.68. The summed E-state index contributed by atoms with van der Waals surface area (Å²) in [7, 11) is 0. The zero-order valence-corrected chi connectivity index (χ0v) is 23.3. The highest BCUT2D eigenvalue weighted by Crippen LogP contribution is 2.37. The van der Waals surface area contributed by atoms with Gasteiger partial charge in [0.2, 0.25) is 0 Å². The van der Waals surface area contributed by atoms with Crippen molar-refractivity contribution in [3.05, 3.63) is 58.1 Å². The maximum Gasteiger partial charge on any atom is 0.425 e. The molecule has 0 aliphatic carbocycles. The van der Waals surface area contributed by atoms with Crippen LogP contribution in [-0.2, 0) is 9.47 Å². The average molecular weight is 622 g/mol. The standard InChI is InChI=1S/C26H25F2IN4O4/c1-25(2,3)36-23(34)33(24(35)37-26(4,5)6)22-20-15(17(29)12-31-22)7-8-16(21(20)28)18-13-30-19-11-14(27)9-10-32(18)19/h7-13H,1-6H3. The van der Waals surface area contributed by atoms with E-state index in [4.69, 9.17) is 9.47 Å². The smallest absolute Gasteiger partial charge is 0.425 e. The van der Waals surface area contributed by atoms with Crippen molar-refractivity contribution in [2.24, 2.45) is 0 Å². The van der Waals surface area contributed by atoms with Crippen LogP contribution in [0.15, 0.2) is 42.9 Å². The Morgan fingerprint density at radius 2 is 1.57 bits per heavy atom. The molecule has 0 saturated heterocycles. The zero-order valence-electron chi connectivity index (χ0n) is 21.1. The molecule has 0 atom stereocenters. The molecule has 4 aromatic rings.